The van der Waals surface area contributed by atoms with Gasteiger partial charge in [-0.1, -0.05) is 18.2 Å². The van der Waals surface area contributed by atoms with Gasteiger partial charge in [0.1, 0.15) is 5.75 Å². The summed E-state index contributed by atoms with van der Waals surface area (Å²) >= 11 is 0. The molecule has 0 N–H and O–H groups in total. The molecule has 0 unspecified atom stereocenters. The number of para-hydroxylation sites is 1. The molecule has 0 spiro atoms. The molecule has 0 aromatic heterocycles. The first-order valence-electron chi connectivity index (χ1n) is 9.38. The van der Waals surface area contributed by atoms with E-state index in [0.717, 1.165) is 24.3 Å². The highest BCUT2D eigenvalue weighted by Crippen LogP contribution is 2.19. The number of nitrogens with zero attached hydrogens (tertiary/aromatic N) is 2. The molecule has 0 atom stereocenters. The average molecular weight is 384 g/mol. The van der Waals surface area contributed by atoms with Crippen molar-refractivity contribution in [3.8, 4) is 5.75 Å². The van der Waals surface area contributed by atoms with E-state index in [1.54, 1.807) is 26.3 Å². The maximum atomic E-state index is 12.3. The summed E-state index contributed by atoms with van der Waals surface area (Å²) in [7, 11) is 3.26. The molecule has 2 aromatic rings. The summed E-state index contributed by atoms with van der Waals surface area (Å²) in [4.78, 5) is 28.2. The maximum Gasteiger partial charge on any atom is 0.338 e. The summed E-state index contributed by atoms with van der Waals surface area (Å²) in [6, 6.07) is 14.7. The average Bonchev–Trinajstić information content (AvgIpc) is 2.73. The second-order valence-corrected chi connectivity index (χ2v) is 6.36. The smallest absolute Gasteiger partial charge is 0.338 e. The Hall–Kier alpha value is -3.02. The van der Waals surface area contributed by atoms with Crippen LogP contribution in [0.3, 0.4) is 0 Å². The molecule has 0 aliphatic rings. The van der Waals surface area contributed by atoms with E-state index in [2.05, 4.69) is 18.7 Å². The van der Waals surface area contributed by atoms with E-state index in [9.17, 15) is 9.59 Å². The van der Waals surface area contributed by atoms with Gasteiger partial charge in [-0.05, 0) is 44.2 Å². The molecule has 0 aliphatic carbocycles. The number of hydrogen-bond donors (Lipinski definition) is 0. The second kappa shape index (κ2) is 10.3. The van der Waals surface area contributed by atoms with Gasteiger partial charge < -0.3 is 19.3 Å². The van der Waals surface area contributed by atoms with Gasteiger partial charge in [-0.2, -0.15) is 0 Å². The van der Waals surface area contributed by atoms with E-state index in [0.29, 0.717) is 17.9 Å². The van der Waals surface area contributed by atoms with Gasteiger partial charge >= 0.3 is 5.97 Å². The summed E-state index contributed by atoms with van der Waals surface area (Å²) in [6.45, 7) is 6.03. The van der Waals surface area contributed by atoms with Crippen LogP contribution >= 0.6 is 0 Å². The Bertz CT molecular complexity index is 785. The van der Waals surface area contributed by atoms with Crippen LogP contribution < -0.4 is 9.64 Å². The van der Waals surface area contributed by atoms with Crippen molar-refractivity contribution in [1.82, 2.24) is 4.90 Å². The Morgan fingerprint density at radius 2 is 1.61 bits per heavy atom. The molecule has 0 fully saturated rings. The Morgan fingerprint density at radius 3 is 2.21 bits per heavy atom. The van der Waals surface area contributed by atoms with Gasteiger partial charge in [0.15, 0.2) is 6.61 Å². The number of benzene rings is 2. The SMILES string of the molecule is CCN(CC)c1ccc(C(=O)OCC(=O)N(C)Cc2ccccc2OC)cc1. The summed E-state index contributed by atoms with van der Waals surface area (Å²) in [5, 5.41) is 0. The first-order chi connectivity index (χ1) is 13.5. The molecule has 1 amide bonds. The Balaban J connectivity index is 1.90. The summed E-state index contributed by atoms with van der Waals surface area (Å²) < 4.78 is 10.5. The van der Waals surface area contributed by atoms with Crippen LogP contribution in [-0.4, -0.2) is 50.6 Å². The van der Waals surface area contributed by atoms with Crippen molar-refractivity contribution in [2.24, 2.45) is 0 Å². The van der Waals surface area contributed by atoms with Gasteiger partial charge in [0.05, 0.1) is 12.7 Å². The lowest BCUT2D eigenvalue weighted by Gasteiger charge is -2.21. The molecule has 0 heterocycles. The molecule has 0 radical (unpaired) electrons. The van der Waals surface area contributed by atoms with Gasteiger partial charge in [0, 0.05) is 37.9 Å². The van der Waals surface area contributed by atoms with Gasteiger partial charge in [0.2, 0.25) is 0 Å². The Labute approximate surface area is 166 Å². The third kappa shape index (κ3) is 5.49. The fourth-order valence-corrected chi connectivity index (χ4v) is 2.90. The van der Waals surface area contributed by atoms with Crippen molar-refractivity contribution in [1.29, 1.82) is 0 Å². The molecular weight excluding hydrogens is 356 g/mol. The van der Waals surface area contributed by atoms with Crippen LogP contribution in [0.15, 0.2) is 48.5 Å². The minimum Gasteiger partial charge on any atom is -0.496 e. The van der Waals surface area contributed by atoms with E-state index < -0.39 is 5.97 Å². The molecule has 6 heteroatoms. The molecule has 0 saturated carbocycles. The molecule has 2 aromatic carbocycles. The lowest BCUT2D eigenvalue weighted by Crippen LogP contribution is -2.31. The topological polar surface area (TPSA) is 59.1 Å². The third-order valence-corrected chi connectivity index (χ3v) is 4.58. The lowest BCUT2D eigenvalue weighted by atomic mass is 10.2. The van der Waals surface area contributed by atoms with Crippen LogP contribution in [0.5, 0.6) is 5.75 Å². The van der Waals surface area contributed by atoms with Gasteiger partial charge in [-0.15, -0.1) is 0 Å². The van der Waals surface area contributed by atoms with Crippen molar-refractivity contribution in [2.75, 3.05) is 38.8 Å². The van der Waals surface area contributed by atoms with Crippen LogP contribution in [0.1, 0.15) is 29.8 Å². The number of carbonyl (C=O) groups excluding carboxylic acids is 2. The van der Waals surface area contributed by atoms with E-state index in [4.69, 9.17) is 9.47 Å². The fraction of sp³-hybridized carbons (Fsp3) is 0.364. The van der Waals surface area contributed by atoms with E-state index in [-0.39, 0.29) is 12.5 Å². The van der Waals surface area contributed by atoms with Crippen molar-refractivity contribution in [3.63, 3.8) is 0 Å². The van der Waals surface area contributed by atoms with Crippen LogP contribution in [0.4, 0.5) is 5.69 Å². The molecule has 28 heavy (non-hydrogen) atoms. The normalized spacial score (nSPS) is 10.3. The van der Waals surface area contributed by atoms with Crippen molar-refractivity contribution >= 4 is 17.6 Å². The number of hydrogen-bond acceptors (Lipinski definition) is 5. The maximum absolute atomic E-state index is 12.3. The monoisotopic (exact) mass is 384 g/mol. The number of ether oxygens (including phenoxy) is 2. The van der Waals surface area contributed by atoms with E-state index in [1.807, 2.05) is 36.4 Å². The summed E-state index contributed by atoms with van der Waals surface area (Å²) in [5.74, 6) is -0.0726. The zero-order chi connectivity index (χ0) is 20.5. The van der Waals surface area contributed by atoms with Crippen LogP contribution in [0.25, 0.3) is 0 Å². The number of amides is 1. The lowest BCUT2D eigenvalue weighted by molar-refractivity contribution is -0.133. The van der Waals surface area contributed by atoms with Gasteiger partial charge in [-0.25, -0.2) is 4.79 Å². The molecule has 150 valence electrons. The first-order valence-corrected chi connectivity index (χ1v) is 9.38. The Kier molecular flexibility index (Phi) is 7.87. The minimum absolute atomic E-state index is 0.279. The van der Waals surface area contributed by atoms with E-state index in [1.165, 1.54) is 4.90 Å². The molecule has 6 nitrogen and oxygen atoms in total. The summed E-state index contributed by atoms with van der Waals surface area (Å²) in [5.41, 5.74) is 2.37. The standard InChI is InChI=1S/C22H28N2O4/c1-5-24(6-2)19-13-11-17(12-14-19)22(26)28-16-21(25)23(3)15-18-9-7-8-10-20(18)27-4/h7-14H,5-6,15-16H2,1-4H3. The number of methoxy groups -OCH3 is 1. The third-order valence-electron chi connectivity index (χ3n) is 4.58. The number of rotatable bonds is 9. The largest absolute Gasteiger partial charge is 0.496 e. The predicted molar refractivity (Wildman–Crippen MR) is 110 cm³/mol. The fourth-order valence-electron chi connectivity index (χ4n) is 2.90. The molecule has 0 aliphatic heterocycles. The Morgan fingerprint density at radius 1 is 0.964 bits per heavy atom. The zero-order valence-electron chi connectivity index (χ0n) is 17.0. The highest BCUT2D eigenvalue weighted by molar-refractivity contribution is 5.91. The molecule has 0 saturated heterocycles. The molecule has 2 rings (SSSR count). The van der Waals surface area contributed by atoms with Crippen LogP contribution in [0.2, 0.25) is 0 Å². The number of carbonyl (C=O) groups is 2. The zero-order valence-corrected chi connectivity index (χ0v) is 17.0. The molecular formula is C22H28N2O4. The van der Waals surface area contributed by atoms with Crippen LogP contribution in [-0.2, 0) is 16.1 Å². The molecule has 0 bridgehead atoms. The van der Waals surface area contributed by atoms with Gasteiger partial charge in [-0.3, -0.25) is 4.79 Å². The van der Waals surface area contributed by atoms with E-state index >= 15 is 0 Å². The second-order valence-electron chi connectivity index (χ2n) is 6.36. The van der Waals surface area contributed by atoms with Crippen molar-refractivity contribution in [2.45, 2.75) is 20.4 Å². The van der Waals surface area contributed by atoms with Crippen molar-refractivity contribution in [3.05, 3.63) is 59.7 Å². The number of likely N-dealkylation sites (N-methyl/N-ethyl adjacent to an activating group) is 1. The quantitative estimate of drug-likeness (QED) is 0.621. The first kappa shape index (κ1) is 21.3. The highest BCUT2D eigenvalue weighted by Gasteiger charge is 2.15. The summed E-state index contributed by atoms with van der Waals surface area (Å²) in [6.07, 6.45) is 0. The van der Waals surface area contributed by atoms with Gasteiger partial charge in [0.25, 0.3) is 5.91 Å². The van der Waals surface area contributed by atoms with Crippen LogP contribution in [0, 0.1) is 0 Å². The highest BCUT2D eigenvalue weighted by atomic mass is 16.5. The van der Waals surface area contributed by atoms with Crippen molar-refractivity contribution < 1.29 is 19.1 Å². The predicted octanol–water partition coefficient (Wildman–Crippen LogP) is 3.36. The minimum atomic E-state index is -0.509. The number of esters is 1. The number of anilines is 1.